The third-order valence-electron chi connectivity index (χ3n) is 4.02. The molecule has 1 aromatic rings. The van der Waals surface area contributed by atoms with E-state index in [1.807, 2.05) is 13.8 Å². The molecule has 0 saturated heterocycles. The lowest BCUT2D eigenvalue weighted by molar-refractivity contribution is 0.352. The van der Waals surface area contributed by atoms with E-state index in [4.69, 9.17) is 5.73 Å². The van der Waals surface area contributed by atoms with Gasteiger partial charge in [-0.3, -0.25) is 0 Å². The molecule has 1 aromatic carbocycles. The molecular weight excluding hydrogens is 234 g/mol. The maximum atomic E-state index is 5.96. The van der Waals surface area contributed by atoms with Gasteiger partial charge in [0.1, 0.15) is 0 Å². The molecule has 2 aliphatic rings. The maximum Gasteiger partial charge on any atom is 0.0746 e. The van der Waals surface area contributed by atoms with Crippen LogP contribution in [0.2, 0.25) is 0 Å². The Balaban J connectivity index is 0.000000637. The summed E-state index contributed by atoms with van der Waals surface area (Å²) in [6.07, 6.45) is 4.65. The summed E-state index contributed by atoms with van der Waals surface area (Å²) in [5.74, 6) is 0. The molecule has 3 nitrogen and oxygen atoms in total. The fraction of sp³-hybridized carbons (Fsp3) is 0.625. The van der Waals surface area contributed by atoms with E-state index >= 15 is 0 Å². The number of aryl methyl sites for hydroxylation is 1. The SMILES string of the molecule is CC.CN1CCc2cc3c(cc2CC1)NC(N)CC3. The van der Waals surface area contributed by atoms with E-state index in [1.54, 1.807) is 5.56 Å². The van der Waals surface area contributed by atoms with Gasteiger partial charge in [-0.05, 0) is 55.5 Å². The fourth-order valence-electron chi connectivity index (χ4n) is 2.86. The van der Waals surface area contributed by atoms with Crippen LogP contribution in [0.15, 0.2) is 12.1 Å². The van der Waals surface area contributed by atoms with Crippen molar-refractivity contribution in [1.82, 2.24) is 4.90 Å². The summed E-state index contributed by atoms with van der Waals surface area (Å²) >= 11 is 0. The minimum absolute atomic E-state index is 0.133. The van der Waals surface area contributed by atoms with Gasteiger partial charge in [-0.25, -0.2) is 0 Å². The van der Waals surface area contributed by atoms with Crippen molar-refractivity contribution >= 4 is 5.69 Å². The highest BCUT2D eigenvalue weighted by Crippen LogP contribution is 2.29. The third kappa shape index (κ3) is 3.28. The van der Waals surface area contributed by atoms with Crippen LogP contribution in [0.5, 0.6) is 0 Å². The van der Waals surface area contributed by atoms with Gasteiger partial charge in [0, 0.05) is 18.8 Å². The molecule has 0 aromatic heterocycles. The van der Waals surface area contributed by atoms with E-state index < -0.39 is 0 Å². The number of fused-ring (bicyclic) bond motifs is 2. The molecule has 1 unspecified atom stereocenters. The molecule has 0 aliphatic carbocycles. The Morgan fingerprint density at radius 3 is 2.37 bits per heavy atom. The number of benzene rings is 1. The summed E-state index contributed by atoms with van der Waals surface area (Å²) in [6, 6.07) is 4.74. The molecule has 0 fully saturated rings. The maximum absolute atomic E-state index is 5.96. The summed E-state index contributed by atoms with van der Waals surface area (Å²) in [4.78, 5) is 2.41. The lowest BCUT2D eigenvalue weighted by Gasteiger charge is -2.25. The molecule has 0 amide bonds. The van der Waals surface area contributed by atoms with Gasteiger partial charge < -0.3 is 16.0 Å². The van der Waals surface area contributed by atoms with Gasteiger partial charge in [-0.2, -0.15) is 0 Å². The zero-order chi connectivity index (χ0) is 13.8. The molecule has 3 rings (SSSR count). The molecule has 2 aliphatic heterocycles. The first-order chi connectivity index (χ1) is 9.22. The standard InChI is InChI=1S/C14H21N3.C2H6/c1-17-6-4-10-8-12-2-3-14(15)16-13(12)9-11(10)5-7-17;1-2/h8-9,14,16H,2-7,15H2,1H3;1-2H3. The number of rotatable bonds is 0. The van der Waals surface area contributed by atoms with Crippen LogP contribution in [-0.2, 0) is 19.3 Å². The van der Waals surface area contributed by atoms with Crippen LogP contribution < -0.4 is 11.1 Å². The van der Waals surface area contributed by atoms with E-state index in [-0.39, 0.29) is 6.17 Å². The van der Waals surface area contributed by atoms with Gasteiger partial charge in [0.25, 0.3) is 0 Å². The van der Waals surface area contributed by atoms with Crippen molar-refractivity contribution in [3.05, 3.63) is 28.8 Å². The summed E-state index contributed by atoms with van der Waals surface area (Å²) in [5, 5.41) is 3.41. The molecule has 2 heterocycles. The van der Waals surface area contributed by atoms with Crippen LogP contribution in [0, 0.1) is 0 Å². The van der Waals surface area contributed by atoms with E-state index in [9.17, 15) is 0 Å². The highest BCUT2D eigenvalue weighted by molar-refractivity contribution is 5.58. The van der Waals surface area contributed by atoms with Crippen LogP contribution in [0.25, 0.3) is 0 Å². The molecule has 0 radical (unpaired) electrons. The van der Waals surface area contributed by atoms with Gasteiger partial charge in [0.2, 0.25) is 0 Å². The Bertz CT molecular complexity index is 428. The van der Waals surface area contributed by atoms with Crippen molar-refractivity contribution in [1.29, 1.82) is 0 Å². The van der Waals surface area contributed by atoms with Crippen molar-refractivity contribution in [3.63, 3.8) is 0 Å². The van der Waals surface area contributed by atoms with E-state index in [2.05, 4.69) is 29.4 Å². The highest BCUT2D eigenvalue weighted by Gasteiger charge is 2.18. The zero-order valence-corrected chi connectivity index (χ0v) is 12.5. The Kier molecular flexibility index (Phi) is 4.83. The Labute approximate surface area is 117 Å². The lowest BCUT2D eigenvalue weighted by Crippen LogP contribution is -2.33. The quantitative estimate of drug-likeness (QED) is 0.753. The van der Waals surface area contributed by atoms with E-state index in [1.165, 1.54) is 29.8 Å². The first-order valence-electron chi connectivity index (χ1n) is 7.58. The van der Waals surface area contributed by atoms with Gasteiger partial charge in [-0.15, -0.1) is 0 Å². The molecule has 3 N–H and O–H groups in total. The number of hydrogen-bond acceptors (Lipinski definition) is 3. The van der Waals surface area contributed by atoms with Gasteiger partial charge in [-0.1, -0.05) is 19.9 Å². The van der Waals surface area contributed by atoms with Gasteiger partial charge in [0.05, 0.1) is 6.17 Å². The fourth-order valence-corrected chi connectivity index (χ4v) is 2.86. The molecule has 1 atom stereocenters. The highest BCUT2D eigenvalue weighted by atomic mass is 15.1. The average molecular weight is 261 g/mol. The monoisotopic (exact) mass is 261 g/mol. The molecule has 0 bridgehead atoms. The normalized spacial score (nSPS) is 22.2. The number of nitrogens with zero attached hydrogens (tertiary/aromatic N) is 1. The van der Waals surface area contributed by atoms with Gasteiger partial charge >= 0.3 is 0 Å². The zero-order valence-electron chi connectivity index (χ0n) is 12.5. The van der Waals surface area contributed by atoms with Crippen LogP contribution in [0.1, 0.15) is 37.0 Å². The molecule has 0 spiro atoms. The summed E-state index contributed by atoms with van der Waals surface area (Å²) in [5.41, 5.74) is 11.7. The third-order valence-corrected chi connectivity index (χ3v) is 4.02. The van der Waals surface area contributed by atoms with Crippen molar-refractivity contribution < 1.29 is 0 Å². The first kappa shape index (κ1) is 14.4. The lowest BCUT2D eigenvalue weighted by atomic mass is 9.93. The minimum atomic E-state index is 0.133. The largest absolute Gasteiger partial charge is 0.370 e. The predicted molar refractivity (Wildman–Crippen MR) is 82.6 cm³/mol. The predicted octanol–water partition coefficient (Wildman–Crippen LogP) is 2.39. The van der Waals surface area contributed by atoms with Gasteiger partial charge in [0.15, 0.2) is 0 Å². The minimum Gasteiger partial charge on any atom is -0.370 e. The van der Waals surface area contributed by atoms with Crippen LogP contribution in [0.4, 0.5) is 5.69 Å². The number of hydrogen-bond donors (Lipinski definition) is 2. The number of nitrogens with one attached hydrogen (secondary N) is 1. The van der Waals surface area contributed by atoms with Crippen molar-refractivity contribution in [2.75, 3.05) is 25.5 Å². The Morgan fingerprint density at radius 1 is 1.05 bits per heavy atom. The van der Waals surface area contributed by atoms with Crippen molar-refractivity contribution in [2.45, 2.75) is 45.7 Å². The Hall–Kier alpha value is -1.06. The second kappa shape index (κ2) is 6.40. The van der Waals surface area contributed by atoms with Crippen LogP contribution in [0.3, 0.4) is 0 Å². The smallest absolute Gasteiger partial charge is 0.0746 e. The summed E-state index contributed by atoms with van der Waals surface area (Å²) < 4.78 is 0. The summed E-state index contributed by atoms with van der Waals surface area (Å²) in [7, 11) is 2.21. The molecule has 3 heteroatoms. The van der Waals surface area contributed by atoms with E-state index in [0.29, 0.717) is 0 Å². The average Bonchev–Trinajstić information content (AvgIpc) is 2.61. The second-order valence-corrected chi connectivity index (χ2v) is 5.37. The molecular formula is C16H27N3. The van der Waals surface area contributed by atoms with Crippen LogP contribution >= 0.6 is 0 Å². The van der Waals surface area contributed by atoms with Crippen molar-refractivity contribution in [2.24, 2.45) is 5.73 Å². The molecule has 19 heavy (non-hydrogen) atoms. The number of nitrogens with two attached hydrogens (primary N) is 1. The Morgan fingerprint density at radius 2 is 1.68 bits per heavy atom. The topological polar surface area (TPSA) is 41.3 Å². The first-order valence-corrected chi connectivity index (χ1v) is 7.58. The summed E-state index contributed by atoms with van der Waals surface area (Å²) in [6.45, 7) is 6.34. The second-order valence-electron chi connectivity index (χ2n) is 5.37. The van der Waals surface area contributed by atoms with Crippen molar-refractivity contribution in [3.8, 4) is 0 Å². The van der Waals surface area contributed by atoms with Crippen LogP contribution in [-0.4, -0.2) is 31.2 Å². The molecule has 106 valence electrons. The van der Waals surface area contributed by atoms with E-state index in [0.717, 1.165) is 25.8 Å². The number of anilines is 1. The number of likely N-dealkylation sites (N-methyl/N-ethyl adjacent to an activating group) is 1. The molecule has 0 saturated carbocycles.